The summed E-state index contributed by atoms with van der Waals surface area (Å²) >= 11 is 0. The third-order valence-electron chi connectivity index (χ3n) is 5.51. The fourth-order valence-electron chi connectivity index (χ4n) is 3.66. The van der Waals surface area contributed by atoms with Gasteiger partial charge in [-0.15, -0.1) is 0 Å². The molecule has 0 radical (unpaired) electrons. The molecule has 0 aliphatic heterocycles. The lowest BCUT2D eigenvalue weighted by molar-refractivity contribution is -0.147. The molecule has 0 bridgehead atoms. The van der Waals surface area contributed by atoms with Crippen molar-refractivity contribution in [3.05, 3.63) is 71.8 Å². The molecule has 7 nitrogen and oxygen atoms in total. The van der Waals surface area contributed by atoms with E-state index in [1.807, 2.05) is 60.7 Å². The van der Waals surface area contributed by atoms with Gasteiger partial charge in [0.05, 0.1) is 12.5 Å². The second-order valence-corrected chi connectivity index (χ2v) is 10.8. The van der Waals surface area contributed by atoms with Gasteiger partial charge in [-0.05, 0) is 24.5 Å². The Bertz CT molecular complexity index is 921. The van der Waals surface area contributed by atoms with E-state index in [1.165, 1.54) is 0 Å². The first-order valence-electron chi connectivity index (χ1n) is 11.8. The van der Waals surface area contributed by atoms with E-state index in [-0.39, 0.29) is 25.8 Å². The third kappa shape index (κ3) is 9.70. The molecule has 0 saturated heterocycles. The second kappa shape index (κ2) is 14.6. The summed E-state index contributed by atoms with van der Waals surface area (Å²) in [6, 6.07) is 18.4. The van der Waals surface area contributed by atoms with E-state index in [1.54, 1.807) is 6.92 Å². The lowest BCUT2D eigenvalue weighted by Crippen LogP contribution is -2.38. The Hall–Kier alpha value is -2.63. The molecule has 0 heterocycles. The zero-order chi connectivity index (χ0) is 24.8. The zero-order valence-electron chi connectivity index (χ0n) is 20.0. The van der Waals surface area contributed by atoms with Crippen LogP contribution in [0.1, 0.15) is 50.7 Å². The highest BCUT2D eigenvalue weighted by molar-refractivity contribution is 7.58. The van der Waals surface area contributed by atoms with Crippen LogP contribution in [0.25, 0.3) is 0 Å². The molecule has 34 heavy (non-hydrogen) atoms. The minimum atomic E-state index is -4.01. The third-order valence-corrected chi connectivity index (χ3v) is 7.76. The van der Waals surface area contributed by atoms with Gasteiger partial charge in [0.25, 0.3) is 0 Å². The maximum Gasteiger partial charge on any atom is 0.408 e. The molecule has 8 heteroatoms. The van der Waals surface area contributed by atoms with Gasteiger partial charge in [0.1, 0.15) is 12.4 Å². The van der Waals surface area contributed by atoms with E-state index in [4.69, 9.17) is 9.47 Å². The number of carbonyl (C=O) groups excluding carboxylic acids is 2. The average Bonchev–Trinajstić information content (AvgIpc) is 2.83. The van der Waals surface area contributed by atoms with Gasteiger partial charge in [0.2, 0.25) is 7.37 Å². The summed E-state index contributed by atoms with van der Waals surface area (Å²) in [5.41, 5.74) is 1.60. The van der Waals surface area contributed by atoms with Gasteiger partial charge in [-0.25, -0.2) is 4.79 Å². The summed E-state index contributed by atoms with van der Waals surface area (Å²) in [6.45, 7) is 4.01. The molecule has 186 valence electrons. The van der Waals surface area contributed by atoms with Gasteiger partial charge >= 0.3 is 12.1 Å². The molecule has 0 saturated carbocycles. The molecule has 0 aromatic heterocycles. The molecule has 2 N–H and O–H groups in total. The number of alkyl carbamates (subject to hydrolysis) is 1. The molecule has 0 aliphatic rings. The minimum absolute atomic E-state index is 0.0446. The van der Waals surface area contributed by atoms with Crippen molar-refractivity contribution < 1.29 is 28.5 Å². The van der Waals surface area contributed by atoms with Crippen LogP contribution in [0.5, 0.6) is 0 Å². The number of unbranched alkanes of at least 4 members (excludes halogenated alkanes) is 2. The molecule has 2 rings (SSSR count). The fourth-order valence-corrected chi connectivity index (χ4v) is 5.68. The summed E-state index contributed by atoms with van der Waals surface area (Å²) in [6.07, 6.45) is 2.22. The van der Waals surface area contributed by atoms with Gasteiger partial charge in [-0.1, -0.05) is 86.8 Å². The number of esters is 1. The smallest absolute Gasteiger partial charge is 0.408 e. The Morgan fingerprint density at radius 1 is 0.941 bits per heavy atom. The predicted molar refractivity (Wildman–Crippen MR) is 133 cm³/mol. The summed E-state index contributed by atoms with van der Waals surface area (Å²) in [7, 11) is -4.01. The predicted octanol–water partition coefficient (Wildman–Crippen LogP) is 5.51. The number of benzene rings is 2. The normalized spacial score (nSPS) is 14.4. The first-order chi connectivity index (χ1) is 16.4. The lowest BCUT2D eigenvalue weighted by atomic mass is 10.0. The van der Waals surface area contributed by atoms with Crippen LogP contribution >= 0.6 is 7.37 Å². The van der Waals surface area contributed by atoms with Crippen LogP contribution in [0.3, 0.4) is 0 Å². The van der Waals surface area contributed by atoms with Crippen molar-refractivity contribution in [2.45, 2.75) is 58.3 Å². The van der Waals surface area contributed by atoms with Gasteiger partial charge in [0, 0.05) is 12.6 Å². The van der Waals surface area contributed by atoms with Crippen LogP contribution in [-0.2, 0) is 31.9 Å². The van der Waals surface area contributed by atoms with Crippen molar-refractivity contribution in [1.82, 2.24) is 5.32 Å². The van der Waals surface area contributed by atoms with E-state index >= 15 is 0 Å². The van der Waals surface area contributed by atoms with Gasteiger partial charge in [0.15, 0.2) is 0 Å². The number of amides is 1. The largest absolute Gasteiger partial charge is 0.466 e. The Balaban J connectivity index is 2.15. The van der Waals surface area contributed by atoms with Crippen LogP contribution in [-0.4, -0.2) is 35.5 Å². The van der Waals surface area contributed by atoms with Crippen LogP contribution in [0.4, 0.5) is 4.79 Å². The molecule has 1 amide bonds. The number of carbonyl (C=O) groups is 2. The van der Waals surface area contributed by atoms with E-state index in [0.717, 1.165) is 30.4 Å². The topological polar surface area (TPSA) is 102 Å². The lowest BCUT2D eigenvalue weighted by Gasteiger charge is -2.27. The van der Waals surface area contributed by atoms with Crippen LogP contribution in [0, 0.1) is 5.92 Å². The Kier molecular flexibility index (Phi) is 11.9. The zero-order valence-corrected chi connectivity index (χ0v) is 20.9. The molecular weight excluding hydrogens is 453 g/mol. The first-order valence-corrected chi connectivity index (χ1v) is 13.8. The number of hydrogen-bond donors (Lipinski definition) is 2. The van der Waals surface area contributed by atoms with Gasteiger partial charge < -0.3 is 19.7 Å². The van der Waals surface area contributed by atoms with E-state index in [9.17, 15) is 19.0 Å². The second-order valence-electron chi connectivity index (χ2n) is 8.29. The number of hydrogen-bond acceptors (Lipinski definition) is 5. The Morgan fingerprint density at radius 2 is 1.56 bits per heavy atom. The molecule has 0 spiro atoms. The average molecular weight is 490 g/mol. The van der Waals surface area contributed by atoms with E-state index in [2.05, 4.69) is 12.2 Å². The highest BCUT2D eigenvalue weighted by atomic mass is 31.2. The van der Waals surface area contributed by atoms with Crippen molar-refractivity contribution >= 4 is 19.4 Å². The van der Waals surface area contributed by atoms with Crippen LogP contribution < -0.4 is 5.32 Å². The highest BCUT2D eigenvalue weighted by Gasteiger charge is 2.37. The van der Waals surface area contributed by atoms with Crippen molar-refractivity contribution in [3.8, 4) is 0 Å². The molecule has 0 aliphatic carbocycles. The van der Waals surface area contributed by atoms with E-state index < -0.39 is 31.1 Å². The molecule has 3 atom stereocenters. The first kappa shape index (κ1) is 27.6. The number of nitrogens with one attached hydrogen (secondary N) is 1. The molecular formula is C26H36NO6P. The van der Waals surface area contributed by atoms with Crippen LogP contribution in [0.15, 0.2) is 60.7 Å². The Morgan fingerprint density at radius 3 is 2.15 bits per heavy atom. The van der Waals surface area contributed by atoms with E-state index in [0.29, 0.717) is 6.42 Å². The highest BCUT2D eigenvalue weighted by Crippen LogP contribution is 2.49. The summed E-state index contributed by atoms with van der Waals surface area (Å²) in [4.78, 5) is 36.1. The molecule has 3 unspecified atom stereocenters. The van der Waals surface area contributed by atoms with Crippen molar-refractivity contribution in [1.29, 1.82) is 0 Å². The van der Waals surface area contributed by atoms with Crippen molar-refractivity contribution in [3.63, 3.8) is 0 Å². The van der Waals surface area contributed by atoms with Gasteiger partial charge in [-0.2, -0.15) is 0 Å². The standard InChI is InChI=1S/C26H36NO6P/c1-3-5-8-17-23(25(28)32-4-2)20-34(30,31)24(18-21-13-9-6-10-14-21)27-26(29)33-19-22-15-11-7-12-16-22/h6-7,9-16,23-24H,3-5,8,17-20H2,1-2H3,(H,27,29)(H,30,31). The maximum atomic E-state index is 13.6. The SMILES string of the molecule is CCCCCC(CP(=O)(O)C(Cc1ccccc1)NC(=O)OCc1ccccc1)C(=O)OCC. The Labute approximate surface area is 202 Å². The minimum Gasteiger partial charge on any atom is -0.466 e. The quantitative estimate of drug-likeness (QED) is 0.206. The fraction of sp³-hybridized carbons (Fsp3) is 0.462. The monoisotopic (exact) mass is 489 g/mol. The summed E-state index contributed by atoms with van der Waals surface area (Å²) in [5, 5.41) is 2.59. The number of ether oxygens (including phenoxy) is 2. The molecule has 0 fully saturated rings. The molecule has 2 aromatic carbocycles. The maximum absolute atomic E-state index is 13.6. The van der Waals surface area contributed by atoms with Crippen molar-refractivity contribution in [2.75, 3.05) is 12.8 Å². The van der Waals surface area contributed by atoms with Crippen LogP contribution in [0.2, 0.25) is 0 Å². The summed E-state index contributed by atoms with van der Waals surface area (Å²) < 4.78 is 24.0. The summed E-state index contributed by atoms with van der Waals surface area (Å²) in [5.74, 6) is -2.28. The van der Waals surface area contributed by atoms with Crippen molar-refractivity contribution in [2.24, 2.45) is 5.92 Å². The molecule has 2 aromatic rings. The number of rotatable bonds is 14. The van der Waals surface area contributed by atoms with Gasteiger partial charge in [-0.3, -0.25) is 9.36 Å².